The van der Waals surface area contributed by atoms with Crippen molar-refractivity contribution in [2.45, 2.75) is 44.4 Å². The monoisotopic (exact) mass is 530 g/mol. The summed E-state index contributed by atoms with van der Waals surface area (Å²) in [6.45, 7) is 3.32. The summed E-state index contributed by atoms with van der Waals surface area (Å²) in [6, 6.07) is 4.31. The van der Waals surface area contributed by atoms with Crippen LogP contribution in [-0.2, 0) is 9.53 Å². The molecule has 4 bridgehead atoms. The van der Waals surface area contributed by atoms with Crippen molar-refractivity contribution in [3.63, 3.8) is 0 Å². The number of hydrogen-bond acceptors (Lipinski definition) is 9. The molecule has 4 aromatic heterocycles. The molecule has 0 unspecified atom stereocenters. The summed E-state index contributed by atoms with van der Waals surface area (Å²) in [5.74, 6) is 1.46. The van der Waals surface area contributed by atoms with Crippen LogP contribution in [0.1, 0.15) is 30.9 Å². The van der Waals surface area contributed by atoms with Crippen LogP contribution >= 0.6 is 0 Å². The van der Waals surface area contributed by atoms with E-state index in [2.05, 4.69) is 28.2 Å². The van der Waals surface area contributed by atoms with Crippen molar-refractivity contribution in [2.24, 2.45) is 0 Å². The summed E-state index contributed by atoms with van der Waals surface area (Å²) in [5.41, 5.74) is 5.04. The molecule has 6 heterocycles. The average Bonchev–Trinajstić information content (AvgIpc) is 3.49. The Labute approximate surface area is 224 Å². The van der Waals surface area contributed by atoms with Gasteiger partial charge in [-0.2, -0.15) is 15.2 Å². The second-order valence-corrected chi connectivity index (χ2v) is 10.3. The van der Waals surface area contributed by atoms with Gasteiger partial charge >= 0.3 is 0 Å². The van der Waals surface area contributed by atoms with E-state index in [1.54, 1.807) is 31.1 Å². The lowest BCUT2D eigenvalue weighted by molar-refractivity contribution is -0.136. The minimum atomic E-state index is -0.495. The fourth-order valence-corrected chi connectivity index (χ4v) is 5.45. The SMILES string of the molecule is COc1cn2ncc3c2nc1OC[C@@H]1C[C@@H](OC)C(=O)N1CCNc1cc-3cc(-c2nn(C3CC3)cc2C)n1. The van der Waals surface area contributed by atoms with Crippen LogP contribution < -0.4 is 14.8 Å². The Bertz CT molecular complexity index is 1580. The predicted octanol–water partition coefficient (Wildman–Crippen LogP) is 2.73. The first kappa shape index (κ1) is 23.9. The summed E-state index contributed by atoms with van der Waals surface area (Å²) in [5, 5.41) is 12.9. The maximum atomic E-state index is 13.0. The summed E-state index contributed by atoms with van der Waals surface area (Å²) in [4.78, 5) is 24.6. The number of anilines is 1. The number of fused-ring (bicyclic) bond motifs is 5. The molecule has 0 aromatic carbocycles. The molecule has 12 nitrogen and oxygen atoms in total. The first-order valence-corrected chi connectivity index (χ1v) is 13.2. The van der Waals surface area contributed by atoms with Gasteiger partial charge < -0.3 is 24.4 Å². The molecule has 12 heteroatoms. The van der Waals surface area contributed by atoms with Crippen LogP contribution in [0.25, 0.3) is 28.2 Å². The molecule has 1 amide bonds. The molecule has 1 N–H and O–H groups in total. The lowest BCUT2D eigenvalue weighted by Gasteiger charge is -2.25. The van der Waals surface area contributed by atoms with Crippen molar-refractivity contribution in [2.75, 3.05) is 39.2 Å². The van der Waals surface area contributed by atoms with Gasteiger partial charge in [-0.3, -0.25) is 9.48 Å². The predicted molar refractivity (Wildman–Crippen MR) is 142 cm³/mol. The Balaban J connectivity index is 1.36. The normalized spacial score (nSPS) is 21.0. The van der Waals surface area contributed by atoms with E-state index in [0.29, 0.717) is 48.6 Å². The van der Waals surface area contributed by atoms with Gasteiger partial charge in [0.15, 0.2) is 11.4 Å². The van der Waals surface area contributed by atoms with E-state index in [-0.39, 0.29) is 18.6 Å². The third-order valence-corrected chi connectivity index (χ3v) is 7.70. The van der Waals surface area contributed by atoms with Gasteiger partial charge in [0.05, 0.1) is 37.3 Å². The first-order chi connectivity index (χ1) is 19.0. The van der Waals surface area contributed by atoms with Crippen LogP contribution in [-0.4, -0.2) is 86.2 Å². The third-order valence-electron chi connectivity index (χ3n) is 7.70. The molecule has 4 aromatic rings. The van der Waals surface area contributed by atoms with Gasteiger partial charge in [-0.25, -0.2) is 9.50 Å². The number of hydrogen-bond donors (Lipinski definition) is 1. The van der Waals surface area contributed by atoms with Crippen LogP contribution in [0.4, 0.5) is 5.82 Å². The van der Waals surface area contributed by atoms with Gasteiger partial charge in [-0.1, -0.05) is 0 Å². The second-order valence-electron chi connectivity index (χ2n) is 10.3. The van der Waals surface area contributed by atoms with Gasteiger partial charge in [0.25, 0.3) is 11.8 Å². The number of nitrogens with one attached hydrogen (secondary N) is 1. The zero-order valence-electron chi connectivity index (χ0n) is 22.1. The maximum absolute atomic E-state index is 13.0. The van der Waals surface area contributed by atoms with Gasteiger partial charge in [-0.05, 0) is 43.0 Å². The number of ether oxygens (including phenoxy) is 3. The minimum absolute atomic E-state index is 0.0444. The fraction of sp³-hybridized carbons (Fsp3) is 0.444. The van der Waals surface area contributed by atoms with Crippen LogP contribution in [0.5, 0.6) is 11.6 Å². The molecule has 2 fully saturated rings. The van der Waals surface area contributed by atoms with Crippen molar-refractivity contribution in [3.8, 4) is 34.1 Å². The molecular formula is C27H30N8O4. The highest BCUT2D eigenvalue weighted by atomic mass is 16.5. The number of carbonyl (C=O) groups is 1. The lowest BCUT2D eigenvalue weighted by Crippen LogP contribution is -2.41. The molecule has 202 valence electrons. The number of methoxy groups -OCH3 is 2. The Morgan fingerprint density at radius 2 is 2.00 bits per heavy atom. The van der Waals surface area contributed by atoms with E-state index in [4.69, 9.17) is 29.3 Å². The van der Waals surface area contributed by atoms with E-state index in [9.17, 15) is 4.79 Å². The zero-order valence-corrected chi connectivity index (χ0v) is 22.1. The quantitative estimate of drug-likeness (QED) is 0.425. The molecule has 0 spiro atoms. The van der Waals surface area contributed by atoms with Crippen molar-refractivity contribution in [1.29, 1.82) is 0 Å². The molecular weight excluding hydrogens is 500 g/mol. The van der Waals surface area contributed by atoms with Gasteiger partial charge in [-0.15, -0.1) is 0 Å². The Hall–Kier alpha value is -4.19. The number of amides is 1. The van der Waals surface area contributed by atoms with Gasteiger partial charge in [0, 0.05) is 38.4 Å². The number of carbonyl (C=O) groups excluding carboxylic acids is 1. The van der Waals surface area contributed by atoms with Crippen molar-refractivity contribution in [3.05, 3.63) is 36.3 Å². The number of pyridine rings is 1. The van der Waals surface area contributed by atoms with Gasteiger partial charge in [0.1, 0.15) is 24.2 Å². The Kier molecular flexibility index (Phi) is 5.65. The first-order valence-electron chi connectivity index (χ1n) is 13.2. The summed E-state index contributed by atoms with van der Waals surface area (Å²) >= 11 is 0. The molecule has 2 aliphatic heterocycles. The highest BCUT2D eigenvalue weighted by molar-refractivity contribution is 5.84. The molecule has 1 saturated carbocycles. The minimum Gasteiger partial charge on any atom is -0.490 e. The number of rotatable bonds is 4. The van der Waals surface area contributed by atoms with Gasteiger partial charge in [0.2, 0.25) is 0 Å². The van der Waals surface area contributed by atoms with Crippen molar-refractivity contribution >= 4 is 17.4 Å². The number of aromatic nitrogens is 6. The van der Waals surface area contributed by atoms with E-state index < -0.39 is 6.10 Å². The molecule has 2 atom stereocenters. The molecule has 39 heavy (non-hydrogen) atoms. The second kappa shape index (κ2) is 9.23. The largest absolute Gasteiger partial charge is 0.490 e. The van der Waals surface area contributed by atoms with E-state index in [1.807, 2.05) is 17.0 Å². The topological polar surface area (TPSA) is 121 Å². The molecule has 0 radical (unpaired) electrons. The molecule has 7 rings (SSSR count). The summed E-state index contributed by atoms with van der Waals surface area (Å²) in [7, 11) is 3.13. The highest BCUT2D eigenvalue weighted by Crippen LogP contribution is 2.37. The highest BCUT2D eigenvalue weighted by Gasteiger charge is 2.40. The maximum Gasteiger partial charge on any atom is 0.260 e. The number of nitrogens with zero attached hydrogens (tertiary/aromatic N) is 7. The van der Waals surface area contributed by atoms with Crippen LogP contribution in [0.15, 0.2) is 30.7 Å². The van der Waals surface area contributed by atoms with Crippen molar-refractivity contribution in [1.82, 2.24) is 34.3 Å². The van der Waals surface area contributed by atoms with Crippen LogP contribution in [0, 0.1) is 6.92 Å². The standard InChI is InChI=1S/C27H30N8O4/c1-15-12-34(17-4-5-17)32-24(15)20-8-16-9-23(30-20)28-6-7-33-18(10-21(37-2)27(33)36)14-39-26-22(38-3)13-35-25(31-26)19(16)11-29-35/h8-9,11-13,17-18,21H,4-7,10,14H2,1-3H3,(H,28,30)/t18-,21+/m0/s1. The summed E-state index contributed by atoms with van der Waals surface area (Å²) in [6.07, 6.45) is 8.00. The van der Waals surface area contributed by atoms with Crippen LogP contribution in [0.2, 0.25) is 0 Å². The molecule has 1 aliphatic carbocycles. The average molecular weight is 531 g/mol. The summed E-state index contributed by atoms with van der Waals surface area (Å²) < 4.78 is 20.9. The van der Waals surface area contributed by atoms with E-state index >= 15 is 0 Å². The van der Waals surface area contributed by atoms with E-state index in [0.717, 1.165) is 40.9 Å². The van der Waals surface area contributed by atoms with Crippen molar-refractivity contribution < 1.29 is 19.0 Å². The zero-order chi connectivity index (χ0) is 26.7. The van der Waals surface area contributed by atoms with Crippen LogP contribution in [0.3, 0.4) is 0 Å². The van der Waals surface area contributed by atoms with E-state index in [1.165, 1.54) is 0 Å². The molecule has 3 aliphatic rings. The third kappa shape index (κ3) is 4.15. The lowest BCUT2D eigenvalue weighted by atomic mass is 10.1. The number of aryl methyl sites for hydroxylation is 1. The molecule has 1 saturated heterocycles. The fourth-order valence-electron chi connectivity index (χ4n) is 5.45. The Morgan fingerprint density at radius 3 is 2.79 bits per heavy atom. The smallest absolute Gasteiger partial charge is 0.260 e. The Morgan fingerprint density at radius 1 is 1.13 bits per heavy atom.